The molecule has 12 heavy (non-hydrogen) atoms. The first-order valence-corrected chi connectivity index (χ1v) is 4.54. The minimum Gasteiger partial charge on any atom is -0.480 e. The van der Waals surface area contributed by atoms with Crippen LogP contribution in [-0.2, 0) is 4.79 Å². The Morgan fingerprint density at radius 1 is 1.50 bits per heavy atom. The Balaban J connectivity index is 2.43. The zero-order valence-electron chi connectivity index (χ0n) is 7.76. The van der Waals surface area contributed by atoms with Crippen molar-refractivity contribution in [3.8, 4) is 0 Å². The SMILES string of the molecule is C[C@@H](NC1(C)CCCC1)C(=O)O. The van der Waals surface area contributed by atoms with Crippen molar-refractivity contribution >= 4 is 5.97 Å². The second-order valence-corrected chi connectivity index (χ2v) is 3.97. The van der Waals surface area contributed by atoms with Gasteiger partial charge >= 0.3 is 5.97 Å². The Hall–Kier alpha value is -0.570. The highest BCUT2D eigenvalue weighted by atomic mass is 16.4. The lowest BCUT2D eigenvalue weighted by Gasteiger charge is -2.27. The summed E-state index contributed by atoms with van der Waals surface area (Å²) in [6, 6.07) is -0.423. The topological polar surface area (TPSA) is 49.3 Å². The van der Waals surface area contributed by atoms with E-state index in [0.717, 1.165) is 12.8 Å². The second-order valence-electron chi connectivity index (χ2n) is 3.97. The number of hydrogen-bond acceptors (Lipinski definition) is 2. The van der Waals surface area contributed by atoms with Crippen LogP contribution in [0.4, 0.5) is 0 Å². The lowest BCUT2D eigenvalue weighted by molar-refractivity contribution is -0.139. The van der Waals surface area contributed by atoms with E-state index in [1.54, 1.807) is 6.92 Å². The van der Waals surface area contributed by atoms with Crippen LogP contribution < -0.4 is 5.32 Å². The van der Waals surface area contributed by atoms with Crippen LogP contribution in [0.2, 0.25) is 0 Å². The number of hydrogen-bond donors (Lipinski definition) is 2. The molecule has 1 aliphatic rings. The van der Waals surface area contributed by atoms with E-state index in [9.17, 15) is 4.79 Å². The van der Waals surface area contributed by atoms with Crippen LogP contribution in [0.25, 0.3) is 0 Å². The Morgan fingerprint density at radius 3 is 2.42 bits per heavy atom. The Morgan fingerprint density at radius 2 is 2.00 bits per heavy atom. The summed E-state index contributed by atoms with van der Waals surface area (Å²) < 4.78 is 0. The quantitative estimate of drug-likeness (QED) is 0.674. The number of carboxylic acid groups (broad SMARTS) is 1. The van der Waals surface area contributed by atoms with Gasteiger partial charge in [-0.3, -0.25) is 10.1 Å². The van der Waals surface area contributed by atoms with Crippen molar-refractivity contribution in [2.45, 2.75) is 51.1 Å². The number of carbonyl (C=O) groups is 1. The molecule has 1 saturated carbocycles. The molecule has 0 aromatic heterocycles. The predicted octanol–water partition coefficient (Wildman–Crippen LogP) is 1.38. The van der Waals surface area contributed by atoms with Gasteiger partial charge in [-0.15, -0.1) is 0 Å². The second kappa shape index (κ2) is 3.44. The Bertz CT molecular complexity index is 173. The van der Waals surface area contributed by atoms with Gasteiger partial charge in [-0.2, -0.15) is 0 Å². The average molecular weight is 171 g/mol. The lowest BCUT2D eigenvalue weighted by Crippen LogP contribution is -2.48. The van der Waals surface area contributed by atoms with Gasteiger partial charge in [0.05, 0.1) is 0 Å². The van der Waals surface area contributed by atoms with Crippen LogP contribution in [0.3, 0.4) is 0 Å². The molecule has 3 nitrogen and oxygen atoms in total. The van der Waals surface area contributed by atoms with Gasteiger partial charge in [0.2, 0.25) is 0 Å². The first kappa shape index (κ1) is 9.52. The predicted molar refractivity (Wildman–Crippen MR) is 47.1 cm³/mol. The third-order valence-corrected chi connectivity index (χ3v) is 2.64. The van der Waals surface area contributed by atoms with Crippen LogP contribution in [-0.4, -0.2) is 22.7 Å². The first-order chi connectivity index (χ1) is 5.53. The highest BCUT2D eigenvalue weighted by Crippen LogP contribution is 2.29. The smallest absolute Gasteiger partial charge is 0.320 e. The zero-order valence-corrected chi connectivity index (χ0v) is 7.76. The van der Waals surface area contributed by atoms with Crippen molar-refractivity contribution in [3.05, 3.63) is 0 Å². The van der Waals surface area contributed by atoms with Gasteiger partial charge in [0.15, 0.2) is 0 Å². The molecule has 3 heteroatoms. The van der Waals surface area contributed by atoms with Crippen molar-refractivity contribution in [1.82, 2.24) is 5.32 Å². The molecule has 0 unspecified atom stereocenters. The number of carboxylic acids is 1. The van der Waals surface area contributed by atoms with E-state index in [1.165, 1.54) is 12.8 Å². The highest BCUT2D eigenvalue weighted by Gasteiger charge is 2.31. The zero-order chi connectivity index (χ0) is 9.19. The molecule has 1 atom stereocenters. The fourth-order valence-corrected chi connectivity index (χ4v) is 1.88. The largest absolute Gasteiger partial charge is 0.480 e. The van der Waals surface area contributed by atoms with Crippen molar-refractivity contribution < 1.29 is 9.90 Å². The van der Waals surface area contributed by atoms with Gasteiger partial charge in [0.25, 0.3) is 0 Å². The molecule has 0 radical (unpaired) electrons. The molecular formula is C9H17NO2. The maximum Gasteiger partial charge on any atom is 0.320 e. The molecular weight excluding hydrogens is 154 g/mol. The van der Waals surface area contributed by atoms with Crippen LogP contribution in [0, 0.1) is 0 Å². The molecule has 1 aliphatic carbocycles. The normalized spacial score (nSPS) is 23.8. The van der Waals surface area contributed by atoms with Gasteiger partial charge in [0.1, 0.15) is 6.04 Å². The van der Waals surface area contributed by atoms with Gasteiger partial charge in [0, 0.05) is 5.54 Å². The van der Waals surface area contributed by atoms with E-state index in [1.807, 2.05) is 0 Å². The van der Waals surface area contributed by atoms with E-state index in [0.29, 0.717) is 0 Å². The summed E-state index contributed by atoms with van der Waals surface area (Å²) in [4.78, 5) is 10.6. The fourth-order valence-electron chi connectivity index (χ4n) is 1.88. The van der Waals surface area contributed by atoms with Crippen LogP contribution >= 0.6 is 0 Å². The van der Waals surface area contributed by atoms with Crippen LogP contribution in [0.15, 0.2) is 0 Å². The monoisotopic (exact) mass is 171 g/mol. The molecule has 2 N–H and O–H groups in total. The summed E-state index contributed by atoms with van der Waals surface area (Å²) in [5, 5.41) is 11.8. The Labute approximate surface area is 73.2 Å². The van der Waals surface area contributed by atoms with Gasteiger partial charge in [-0.05, 0) is 26.7 Å². The summed E-state index contributed by atoms with van der Waals surface area (Å²) in [6.07, 6.45) is 4.64. The molecule has 70 valence electrons. The third-order valence-electron chi connectivity index (χ3n) is 2.64. The maximum atomic E-state index is 10.6. The number of aliphatic carboxylic acids is 1. The molecule has 0 heterocycles. The van der Waals surface area contributed by atoms with Crippen LogP contribution in [0.1, 0.15) is 39.5 Å². The molecule has 0 aliphatic heterocycles. The minimum atomic E-state index is -0.761. The number of nitrogens with one attached hydrogen (secondary N) is 1. The van der Waals surface area contributed by atoms with Gasteiger partial charge in [-0.25, -0.2) is 0 Å². The summed E-state index contributed by atoms with van der Waals surface area (Å²) in [7, 11) is 0. The van der Waals surface area contributed by atoms with E-state index >= 15 is 0 Å². The van der Waals surface area contributed by atoms with Crippen molar-refractivity contribution in [3.63, 3.8) is 0 Å². The minimum absolute atomic E-state index is 0.0673. The van der Waals surface area contributed by atoms with Crippen LogP contribution in [0.5, 0.6) is 0 Å². The molecule has 0 aromatic carbocycles. The van der Waals surface area contributed by atoms with E-state index in [2.05, 4.69) is 12.2 Å². The number of rotatable bonds is 3. The van der Waals surface area contributed by atoms with E-state index < -0.39 is 12.0 Å². The molecule has 0 saturated heterocycles. The Kier molecular flexibility index (Phi) is 2.73. The summed E-state index contributed by atoms with van der Waals surface area (Å²) >= 11 is 0. The molecule has 1 fully saturated rings. The summed E-state index contributed by atoms with van der Waals surface area (Å²) in [5.74, 6) is -0.761. The third kappa shape index (κ3) is 2.21. The van der Waals surface area contributed by atoms with Crippen molar-refractivity contribution in [1.29, 1.82) is 0 Å². The lowest BCUT2D eigenvalue weighted by atomic mass is 9.99. The maximum absolute atomic E-state index is 10.6. The summed E-state index contributed by atoms with van der Waals surface area (Å²) in [5.41, 5.74) is 0.0673. The molecule has 0 aromatic rings. The van der Waals surface area contributed by atoms with Crippen molar-refractivity contribution in [2.24, 2.45) is 0 Å². The van der Waals surface area contributed by atoms with Gasteiger partial charge < -0.3 is 5.11 Å². The van der Waals surface area contributed by atoms with E-state index in [-0.39, 0.29) is 5.54 Å². The molecule has 0 spiro atoms. The van der Waals surface area contributed by atoms with Crippen molar-refractivity contribution in [2.75, 3.05) is 0 Å². The van der Waals surface area contributed by atoms with Gasteiger partial charge in [-0.1, -0.05) is 12.8 Å². The first-order valence-electron chi connectivity index (χ1n) is 4.54. The fraction of sp³-hybridized carbons (Fsp3) is 0.889. The van der Waals surface area contributed by atoms with E-state index in [4.69, 9.17) is 5.11 Å². The highest BCUT2D eigenvalue weighted by molar-refractivity contribution is 5.72. The average Bonchev–Trinajstić information content (AvgIpc) is 2.35. The standard InChI is InChI=1S/C9H17NO2/c1-7(8(11)12)10-9(2)5-3-4-6-9/h7,10H,3-6H2,1-2H3,(H,11,12)/t7-/m1/s1. The molecule has 1 rings (SSSR count). The molecule has 0 amide bonds. The summed E-state index contributed by atoms with van der Waals surface area (Å²) in [6.45, 7) is 3.81. The molecule has 0 bridgehead atoms.